The highest BCUT2D eigenvalue weighted by molar-refractivity contribution is 5.33. The van der Waals surface area contributed by atoms with E-state index in [0.717, 1.165) is 12.4 Å². The first kappa shape index (κ1) is 13.4. The van der Waals surface area contributed by atoms with Crippen molar-refractivity contribution in [2.24, 2.45) is 0 Å². The van der Waals surface area contributed by atoms with Crippen LogP contribution >= 0.6 is 0 Å². The summed E-state index contributed by atoms with van der Waals surface area (Å²) >= 11 is 0. The molecule has 0 saturated carbocycles. The Hall–Kier alpha value is -1.06. The summed E-state index contributed by atoms with van der Waals surface area (Å²) in [6, 6.07) is 6.55. The zero-order valence-corrected chi connectivity index (χ0v) is 11.7. The van der Waals surface area contributed by atoms with Gasteiger partial charge in [0.15, 0.2) is 0 Å². The second kappa shape index (κ2) is 5.29. The second-order valence-corrected chi connectivity index (χ2v) is 5.87. The van der Waals surface area contributed by atoms with Crippen LogP contribution in [0.1, 0.15) is 25.0 Å². The molecule has 3 heteroatoms. The lowest BCUT2D eigenvalue weighted by Gasteiger charge is -2.36. The number of nitrogens with one attached hydrogen (secondary N) is 1. The quantitative estimate of drug-likeness (QED) is 0.892. The fourth-order valence-electron chi connectivity index (χ4n) is 2.40. The van der Waals surface area contributed by atoms with E-state index in [2.05, 4.69) is 51.2 Å². The number of aryl methyl sites for hydroxylation is 2. The van der Waals surface area contributed by atoms with Gasteiger partial charge in [-0.3, -0.25) is 0 Å². The molecule has 0 spiro atoms. The smallest absolute Gasteiger partial charge is 0.119 e. The summed E-state index contributed by atoms with van der Waals surface area (Å²) in [6.45, 7) is 10.6. The van der Waals surface area contributed by atoms with E-state index in [9.17, 15) is 0 Å². The van der Waals surface area contributed by atoms with Crippen LogP contribution in [0.4, 0.5) is 0 Å². The zero-order valence-electron chi connectivity index (χ0n) is 11.7. The molecule has 0 aliphatic carbocycles. The average molecular weight is 249 g/mol. The van der Waals surface area contributed by atoms with E-state index in [1.54, 1.807) is 0 Å². The van der Waals surface area contributed by atoms with Crippen molar-refractivity contribution in [3.8, 4) is 5.75 Å². The van der Waals surface area contributed by atoms with Gasteiger partial charge in [0.25, 0.3) is 0 Å². The third kappa shape index (κ3) is 3.72. The van der Waals surface area contributed by atoms with Gasteiger partial charge in [0.2, 0.25) is 0 Å². The summed E-state index contributed by atoms with van der Waals surface area (Å²) in [4.78, 5) is 0. The van der Waals surface area contributed by atoms with E-state index in [1.807, 2.05) is 0 Å². The third-order valence-corrected chi connectivity index (χ3v) is 3.02. The molecule has 1 atom stereocenters. The second-order valence-electron chi connectivity index (χ2n) is 5.87. The molecule has 0 radical (unpaired) electrons. The molecule has 2 rings (SSSR count). The minimum Gasteiger partial charge on any atom is -0.492 e. The summed E-state index contributed by atoms with van der Waals surface area (Å²) < 4.78 is 11.4. The molecular weight excluding hydrogens is 226 g/mol. The lowest BCUT2D eigenvalue weighted by molar-refractivity contribution is 0.000939. The molecule has 1 aromatic carbocycles. The van der Waals surface area contributed by atoms with Crippen LogP contribution in [0.5, 0.6) is 5.75 Å². The Balaban J connectivity index is 1.91. The average Bonchev–Trinajstić information content (AvgIpc) is 2.24. The molecule has 1 aromatic rings. The highest BCUT2D eigenvalue weighted by atomic mass is 16.5. The maximum absolute atomic E-state index is 5.86. The number of benzene rings is 1. The number of hydrogen-bond acceptors (Lipinski definition) is 3. The van der Waals surface area contributed by atoms with Crippen LogP contribution in [0.2, 0.25) is 0 Å². The molecule has 18 heavy (non-hydrogen) atoms. The maximum atomic E-state index is 5.86. The van der Waals surface area contributed by atoms with E-state index >= 15 is 0 Å². The van der Waals surface area contributed by atoms with Crippen molar-refractivity contribution in [3.63, 3.8) is 0 Å². The van der Waals surface area contributed by atoms with Crippen molar-refractivity contribution in [2.45, 2.75) is 39.3 Å². The third-order valence-electron chi connectivity index (χ3n) is 3.02. The maximum Gasteiger partial charge on any atom is 0.119 e. The topological polar surface area (TPSA) is 30.5 Å². The molecule has 0 aromatic heterocycles. The number of hydrogen-bond donors (Lipinski definition) is 1. The molecular formula is C15H23NO2. The molecule has 1 aliphatic heterocycles. The molecule has 100 valence electrons. The highest BCUT2D eigenvalue weighted by Gasteiger charge is 2.27. The Bertz CT molecular complexity index is 395. The van der Waals surface area contributed by atoms with Crippen LogP contribution in [-0.2, 0) is 4.74 Å². The first-order chi connectivity index (χ1) is 8.44. The molecule has 1 aliphatic rings. The van der Waals surface area contributed by atoms with Gasteiger partial charge in [0.05, 0.1) is 19.3 Å². The molecule has 1 N–H and O–H groups in total. The predicted molar refractivity (Wildman–Crippen MR) is 73.2 cm³/mol. The Morgan fingerprint density at radius 2 is 1.94 bits per heavy atom. The van der Waals surface area contributed by atoms with Crippen LogP contribution < -0.4 is 10.1 Å². The van der Waals surface area contributed by atoms with Gasteiger partial charge in [0.1, 0.15) is 12.4 Å². The summed E-state index contributed by atoms with van der Waals surface area (Å²) in [7, 11) is 0. The molecule has 1 unspecified atom stereocenters. The molecule has 1 fully saturated rings. The van der Waals surface area contributed by atoms with E-state index in [1.165, 1.54) is 11.1 Å². The van der Waals surface area contributed by atoms with Gasteiger partial charge in [-0.2, -0.15) is 0 Å². The highest BCUT2D eigenvalue weighted by Crippen LogP contribution is 2.17. The number of rotatable bonds is 3. The van der Waals surface area contributed by atoms with Crippen molar-refractivity contribution >= 4 is 0 Å². The largest absolute Gasteiger partial charge is 0.492 e. The van der Waals surface area contributed by atoms with Crippen LogP contribution in [0, 0.1) is 13.8 Å². The van der Waals surface area contributed by atoms with Crippen LogP contribution in [-0.4, -0.2) is 31.4 Å². The van der Waals surface area contributed by atoms with Crippen LogP contribution in [0.3, 0.4) is 0 Å². The monoisotopic (exact) mass is 249 g/mol. The SMILES string of the molecule is Cc1cc(C)cc(OCC2COCC(C)(C)N2)c1. The Kier molecular flexibility index (Phi) is 3.93. The fraction of sp³-hybridized carbons (Fsp3) is 0.600. The molecule has 0 amide bonds. The van der Waals surface area contributed by atoms with E-state index in [0.29, 0.717) is 13.2 Å². The van der Waals surface area contributed by atoms with Crippen molar-refractivity contribution in [1.29, 1.82) is 0 Å². The Morgan fingerprint density at radius 1 is 1.28 bits per heavy atom. The van der Waals surface area contributed by atoms with Gasteiger partial charge in [-0.1, -0.05) is 6.07 Å². The number of ether oxygens (including phenoxy) is 2. The van der Waals surface area contributed by atoms with Crippen LogP contribution in [0.15, 0.2) is 18.2 Å². The van der Waals surface area contributed by atoms with Gasteiger partial charge < -0.3 is 14.8 Å². The van der Waals surface area contributed by atoms with Crippen molar-refractivity contribution in [3.05, 3.63) is 29.3 Å². The molecule has 0 bridgehead atoms. The summed E-state index contributed by atoms with van der Waals surface area (Å²) in [5.74, 6) is 0.942. The first-order valence-electron chi connectivity index (χ1n) is 6.51. The minimum absolute atomic E-state index is 0.0365. The van der Waals surface area contributed by atoms with Crippen molar-refractivity contribution in [1.82, 2.24) is 5.32 Å². The number of morpholine rings is 1. The minimum atomic E-state index is 0.0365. The zero-order chi connectivity index (χ0) is 13.2. The van der Waals surface area contributed by atoms with E-state index in [4.69, 9.17) is 9.47 Å². The lowest BCUT2D eigenvalue weighted by Crippen LogP contribution is -2.57. The van der Waals surface area contributed by atoms with Gasteiger partial charge in [-0.05, 0) is 51.0 Å². The van der Waals surface area contributed by atoms with E-state index in [-0.39, 0.29) is 11.6 Å². The standard InChI is InChI=1S/C15H23NO2/c1-11-5-12(2)7-14(6-11)18-9-13-8-17-10-15(3,4)16-13/h5-7,13,16H,8-10H2,1-4H3. The van der Waals surface area contributed by atoms with Crippen molar-refractivity contribution < 1.29 is 9.47 Å². The van der Waals surface area contributed by atoms with Crippen molar-refractivity contribution in [2.75, 3.05) is 19.8 Å². The van der Waals surface area contributed by atoms with E-state index < -0.39 is 0 Å². The molecule has 1 saturated heterocycles. The summed E-state index contributed by atoms with van der Waals surface area (Å²) in [5, 5.41) is 3.54. The van der Waals surface area contributed by atoms with Gasteiger partial charge in [0, 0.05) is 5.54 Å². The summed E-state index contributed by atoms with van der Waals surface area (Å²) in [5.41, 5.74) is 2.51. The van der Waals surface area contributed by atoms with Gasteiger partial charge in [-0.25, -0.2) is 0 Å². The van der Waals surface area contributed by atoms with Crippen LogP contribution in [0.25, 0.3) is 0 Å². The van der Waals surface area contributed by atoms with Gasteiger partial charge in [-0.15, -0.1) is 0 Å². The fourth-order valence-corrected chi connectivity index (χ4v) is 2.40. The van der Waals surface area contributed by atoms with Gasteiger partial charge >= 0.3 is 0 Å². The normalized spacial score (nSPS) is 22.8. The molecule has 3 nitrogen and oxygen atoms in total. The Labute approximate surface area is 109 Å². The summed E-state index contributed by atoms with van der Waals surface area (Å²) in [6.07, 6.45) is 0. The Morgan fingerprint density at radius 3 is 2.56 bits per heavy atom. The first-order valence-corrected chi connectivity index (χ1v) is 6.51. The molecule has 1 heterocycles. The lowest BCUT2D eigenvalue weighted by atomic mass is 10.0. The predicted octanol–water partition coefficient (Wildman–Crippen LogP) is 2.45.